The van der Waals surface area contributed by atoms with Crippen LogP contribution in [0.25, 0.3) is 0 Å². The average molecular weight is 357 g/mol. The van der Waals surface area contributed by atoms with Gasteiger partial charge < -0.3 is 24.1 Å². The lowest BCUT2D eigenvalue weighted by Gasteiger charge is -2.29. The largest absolute Gasteiger partial charge is 0.446 e. The zero-order valence-electron chi connectivity index (χ0n) is 15.0. The van der Waals surface area contributed by atoms with E-state index in [1.54, 1.807) is 11.1 Å². The Hall–Kier alpha value is -2.38. The molecule has 2 aliphatic heterocycles. The molecule has 1 aromatic heterocycles. The number of anilines is 1. The molecule has 1 N–H and O–H groups in total. The Bertz CT molecular complexity index is 792. The predicted molar refractivity (Wildman–Crippen MR) is 94.7 cm³/mol. The number of amides is 1. The number of morpholine rings is 1. The molecule has 0 aliphatic carbocycles. The molecular weight excluding hydrogens is 334 g/mol. The van der Waals surface area contributed by atoms with Crippen molar-refractivity contribution < 1.29 is 19.1 Å². The van der Waals surface area contributed by atoms with Crippen LogP contribution in [0.4, 0.5) is 5.69 Å². The van der Waals surface area contributed by atoms with Gasteiger partial charge in [-0.2, -0.15) is 0 Å². The Labute approximate surface area is 152 Å². The van der Waals surface area contributed by atoms with Crippen LogP contribution in [0, 0.1) is 0 Å². The van der Waals surface area contributed by atoms with E-state index in [0.717, 1.165) is 43.1 Å². The number of nitrogens with zero attached hydrogens (tertiary/aromatic N) is 3. The normalized spacial score (nSPS) is 20.3. The summed E-state index contributed by atoms with van der Waals surface area (Å²) in [6.07, 6.45) is 2.99. The maximum absolute atomic E-state index is 12.8. The molecule has 1 atom stereocenters. The Morgan fingerprint density at radius 2 is 2.08 bits per heavy atom. The third-order valence-electron chi connectivity index (χ3n) is 4.95. The van der Waals surface area contributed by atoms with Gasteiger partial charge >= 0.3 is 0 Å². The number of carbonyl (C=O) groups is 1. The van der Waals surface area contributed by atoms with Crippen LogP contribution in [0.15, 0.2) is 35.2 Å². The van der Waals surface area contributed by atoms with E-state index >= 15 is 0 Å². The van der Waals surface area contributed by atoms with Gasteiger partial charge in [0.05, 0.1) is 19.4 Å². The van der Waals surface area contributed by atoms with E-state index in [1.165, 1.54) is 20.2 Å². The van der Waals surface area contributed by atoms with Crippen LogP contribution in [0.1, 0.15) is 36.8 Å². The summed E-state index contributed by atoms with van der Waals surface area (Å²) in [5, 5.41) is 10.2. The monoisotopic (exact) mass is 357 g/mol. The van der Waals surface area contributed by atoms with E-state index in [1.807, 2.05) is 6.07 Å². The Balaban J connectivity index is 1.71. The summed E-state index contributed by atoms with van der Waals surface area (Å²) in [5.41, 5.74) is 1.75. The highest BCUT2D eigenvalue weighted by Crippen LogP contribution is 2.41. The molecule has 26 heavy (non-hydrogen) atoms. The predicted octanol–water partition coefficient (Wildman–Crippen LogP) is 1.71. The van der Waals surface area contributed by atoms with Crippen molar-refractivity contribution in [1.82, 2.24) is 9.88 Å². The minimum absolute atomic E-state index is 0.331. The van der Waals surface area contributed by atoms with Crippen LogP contribution in [0.3, 0.4) is 0 Å². The number of ether oxygens (including phenoxy) is 1. The SMILES string of the molecule is CC(C)(O)C(=O)N1Cc2cc(N3CCOCC3)ccc2[C@H]1c1cnco1. The molecule has 0 unspecified atom stereocenters. The van der Waals surface area contributed by atoms with E-state index in [0.29, 0.717) is 12.3 Å². The Kier molecular flexibility index (Phi) is 4.20. The fourth-order valence-corrected chi connectivity index (χ4v) is 3.66. The van der Waals surface area contributed by atoms with Gasteiger partial charge in [0.25, 0.3) is 5.91 Å². The molecule has 1 fully saturated rings. The van der Waals surface area contributed by atoms with E-state index in [2.05, 4.69) is 22.0 Å². The smallest absolute Gasteiger partial charge is 0.255 e. The summed E-state index contributed by atoms with van der Waals surface area (Å²) in [6.45, 7) is 6.61. The summed E-state index contributed by atoms with van der Waals surface area (Å²) in [4.78, 5) is 20.8. The Morgan fingerprint density at radius 1 is 1.31 bits per heavy atom. The maximum Gasteiger partial charge on any atom is 0.255 e. The third-order valence-corrected chi connectivity index (χ3v) is 4.95. The van der Waals surface area contributed by atoms with Crippen molar-refractivity contribution in [3.63, 3.8) is 0 Å². The van der Waals surface area contributed by atoms with Crippen LogP contribution in [0.2, 0.25) is 0 Å². The molecule has 2 aliphatic rings. The van der Waals surface area contributed by atoms with Crippen LogP contribution >= 0.6 is 0 Å². The van der Waals surface area contributed by atoms with Gasteiger partial charge in [-0.25, -0.2) is 4.98 Å². The quantitative estimate of drug-likeness (QED) is 0.901. The van der Waals surface area contributed by atoms with Gasteiger partial charge in [0.2, 0.25) is 0 Å². The molecule has 1 saturated heterocycles. The first-order valence-electron chi connectivity index (χ1n) is 8.82. The second-order valence-corrected chi connectivity index (χ2v) is 7.28. The van der Waals surface area contributed by atoms with Crippen LogP contribution in [-0.2, 0) is 16.1 Å². The number of aliphatic hydroxyl groups is 1. The molecule has 138 valence electrons. The summed E-state index contributed by atoms with van der Waals surface area (Å²) in [6, 6.07) is 5.88. The minimum atomic E-state index is -1.45. The standard InChI is InChI=1S/C19H23N3O4/c1-19(2,24)18(23)22-11-13-9-14(21-5-7-25-8-6-21)3-4-15(13)17(22)16-10-20-12-26-16/h3-4,9-10,12,17,24H,5-8,11H2,1-2H3/t17-/m0/s1. The number of benzene rings is 1. The van der Waals surface area contributed by atoms with Gasteiger partial charge in [-0.05, 0) is 37.1 Å². The number of rotatable bonds is 3. The van der Waals surface area contributed by atoms with Gasteiger partial charge in [-0.1, -0.05) is 6.07 Å². The van der Waals surface area contributed by atoms with Crippen LogP contribution < -0.4 is 4.90 Å². The topological polar surface area (TPSA) is 79.0 Å². The van der Waals surface area contributed by atoms with Gasteiger partial charge in [0.1, 0.15) is 11.6 Å². The highest BCUT2D eigenvalue weighted by atomic mass is 16.5. The summed E-state index contributed by atoms with van der Waals surface area (Å²) in [5.74, 6) is 0.267. The number of aromatic nitrogens is 1. The molecule has 1 aromatic carbocycles. The second kappa shape index (κ2) is 6.41. The molecular formula is C19H23N3O4. The first-order valence-corrected chi connectivity index (χ1v) is 8.82. The molecule has 0 radical (unpaired) electrons. The first kappa shape index (κ1) is 17.1. The summed E-state index contributed by atoms with van der Waals surface area (Å²) >= 11 is 0. The van der Waals surface area contributed by atoms with Crippen molar-refractivity contribution in [3.05, 3.63) is 47.7 Å². The number of carbonyl (C=O) groups excluding carboxylic acids is 1. The molecule has 3 heterocycles. The lowest BCUT2D eigenvalue weighted by Crippen LogP contribution is -2.44. The van der Waals surface area contributed by atoms with E-state index in [9.17, 15) is 9.90 Å². The molecule has 0 spiro atoms. The molecule has 7 nitrogen and oxygen atoms in total. The van der Waals surface area contributed by atoms with E-state index < -0.39 is 5.60 Å². The van der Waals surface area contributed by atoms with Crippen molar-refractivity contribution in [2.45, 2.75) is 32.0 Å². The molecule has 0 bridgehead atoms. The highest BCUT2D eigenvalue weighted by molar-refractivity contribution is 5.85. The molecule has 7 heteroatoms. The van der Waals surface area contributed by atoms with Gasteiger partial charge in [-0.3, -0.25) is 4.79 Å². The van der Waals surface area contributed by atoms with Crippen LogP contribution in [0.5, 0.6) is 0 Å². The van der Waals surface area contributed by atoms with Gasteiger partial charge in [0, 0.05) is 25.3 Å². The maximum atomic E-state index is 12.8. The zero-order valence-corrected chi connectivity index (χ0v) is 15.0. The fraction of sp³-hybridized carbons (Fsp3) is 0.474. The highest BCUT2D eigenvalue weighted by Gasteiger charge is 2.41. The van der Waals surface area contributed by atoms with Crippen molar-refractivity contribution in [2.24, 2.45) is 0 Å². The van der Waals surface area contributed by atoms with Crippen molar-refractivity contribution >= 4 is 11.6 Å². The minimum Gasteiger partial charge on any atom is -0.446 e. The zero-order chi connectivity index (χ0) is 18.3. The fourth-order valence-electron chi connectivity index (χ4n) is 3.66. The first-order chi connectivity index (χ1) is 12.4. The van der Waals surface area contributed by atoms with Gasteiger partial charge in [0.15, 0.2) is 12.2 Å². The average Bonchev–Trinajstić information content (AvgIpc) is 3.27. The van der Waals surface area contributed by atoms with Crippen LogP contribution in [-0.4, -0.2) is 52.8 Å². The third kappa shape index (κ3) is 2.97. The lowest BCUT2D eigenvalue weighted by molar-refractivity contribution is -0.150. The molecule has 2 aromatic rings. The second-order valence-electron chi connectivity index (χ2n) is 7.28. The number of oxazole rings is 1. The van der Waals surface area contributed by atoms with Gasteiger partial charge in [-0.15, -0.1) is 0 Å². The van der Waals surface area contributed by atoms with Crippen molar-refractivity contribution in [3.8, 4) is 0 Å². The van der Waals surface area contributed by atoms with E-state index in [4.69, 9.17) is 9.15 Å². The number of hydrogen-bond donors (Lipinski definition) is 1. The number of hydrogen-bond acceptors (Lipinski definition) is 6. The Morgan fingerprint density at radius 3 is 2.73 bits per heavy atom. The summed E-state index contributed by atoms with van der Waals surface area (Å²) in [7, 11) is 0. The van der Waals surface area contributed by atoms with Crippen molar-refractivity contribution in [1.29, 1.82) is 0 Å². The molecule has 0 saturated carbocycles. The van der Waals surface area contributed by atoms with Crippen molar-refractivity contribution in [2.75, 3.05) is 31.2 Å². The van der Waals surface area contributed by atoms with E-state index in [-0.39, 0.29) is 11.9 Å². The summed E-state index contributed by atoms with van der Waals surface area (Å²) < 4.78 is 10.9. The lowest BCUT2D eigenvalue weighted by atomic mass is 10.0. The number of fused-ring (bicyclic) bond motifs is 1. The molecule has 4 rings (SSSR count). The molecule has 1 amide bonds.